The number of hydrogen-bond acceptors (Lipinski definition) is 3. The van der Waals surface area contributed by atoms with Gasteiger partial charge in [0.15, 0.2) is 0 Å². The van der Waals surface area contributed by atoms with Gasteiger partial charge in [0.05, 0.1) is 13.1 Å². The first-order chi connectivity index (χ1) is 9.48. The first-order valence-corrected chi connectivity index (χ1v) is 7.73. The Kier molecular flexibility index (Phi) is 3.46. The molecule has 0 saturated carbocycles. The van der Waals surface area contributed by atoms with Crippen LogP contribution in [-0.4, -0.2) is 53.5 Å². The molecule has 0 bridgehead atoms. The molecule has 3 rings (SSSR count). The van der Waals surface area contributed by atoms with Crippen molar-refractivity contribution in [2.45, 2.75) is 11.8 Å². The number of nitrogens with zero attached hydrogens (tertiary/aromatic N) is 2. The summed E-state index contributed by atoms with van der Waals surface area (Å²) in [7, 11) is 0. The van der Waals surface area contributed by atoms with E-state index in [9.17, 15) is 13.6 Å². The van der Waals surface area contributed by atoms with E-state index in [1.165, 1.54) is 4.90 Å². The van der Waals surface area contributed by atoms with Crippen LogP contribution in [0.1, 0.15) is 21.8 Å². The molecule has 1 amide bonds. The summed E-state index contributed by atoms with van der Waals surface area (Å²) in [6.45, 7) is 1.03. The van der Waals surface area contributed by atoms with Crippen LogP contribution in [0.2, 0.25) is 0 Å². The summed E-state index contributed by atoms with van der Waals surface area (Å²) in [4.78, 5) is 13.3. The van der Waals surface area contributed by atoms with Gasteiger partial charge in [-0.3, -0.25) is 4.79 Å². The van der Waals surface area contributed by atoms with Gasteiger partial charge in [0.25, 0.3) is 11.8 Å². The van der Waals surface area contributed by atoms with E-state index in [2.05, 4.69) is 4.31 Å². The quantitative estimate of drug-likeness (QED) is 0.801. The summed E-state index contributed by atoms with van der Waals surface area (Å²) >= 11 is 1.71. The average Bonchev–Trinajstić information content (AvgIpc) is 2.34. The monoisotopic (exact) mass is 298 g/mol. The molecule has 1 aromatic rings. The highest BCUT2D eigenvalue weighted by Gasteiger charge is 2.46. The molecule has 0 N–H and O–H groups in total. The molecular weight excluding hydrogens is 282 g/mol. The Morgan fingerprint density at radius 2 is 2.05 bits per heavy atom. The third kappa shape index (κ3) is 2.54. The number of likely N-dealkylation sites (tertiary alicyclic amines) is 1. The molecule has 2 fully saturated rings. The minimum absolute atomic E-state index is 0.293. The largest absolute Gasteiger partial charge is 0.326 e. The third-order valence-corrected chi connectivity index (χ3v) is 4.66. The first kappa shape index (κ1) is 13.8. The van der Waals surface area contributed by atoms with Crippen LogP contribution in [0.3, 0.4) is 0 Å². The number of rotatable bonds is 3. The van der Waals surface area contributed by atoms with Crippen molar-refractivity contribution >= 4 is 17.9 Å². The van der Waals surface area contributed by atoms with Crippen molar-refractivity contribution in [2.75, 3.05) is 32.4 Å². The Balaban J connectivity index is 1.67. The van der Waals surface area contributed by atoms with E-state index in [1.807, 2.05) is 24.5 Å². The zero-order chi connectivity index (χ0) is 14.3. The SMILES string of the molecule is CSN1CC(c2cccc(C(=O)N3CC(F)(F)C3)c2)C1. The standard InChI is InChI=1S/C14H16F2N2OS/c1-20-18-6-12(7-18)10-3-2-4-11(5-10)13(19)17-8-14(15,16)9-17/h2-5,12H,6-9H2,1H3. The number of benzene rings is 1. The zero-order valence-corrected chi connectivity index (χ0v) is 12.0. The fourth-order valence-electron chi connectivity index (χ4n) is 2.56. The number of hydrogen-bond donors (Lipinski definition) is 0. The molecule has 20 heavy (non-hydrogen) atoms. The van der Waals surface area contributed by atoms with Gasteiger partial charge in [0.1, 0.15) is 0 Å². The lowest BCUT2D eigenvalue weighted by molar-refractivity contribution is -0.113. The fourth-order valence-corrected chi connectivity index (χ4v) is 3.22. The van der Waals surface area contributed by atoms with Crippen LogP contribution in [0.4, 0.5) is 8.78 Å². The summed E-state index contributed by atoms with van der Waals surface area (Å²) in [5.74, 6) is -2.56. The summed E-state index contributed by atoms with van der Waals surface area (Å²) < 4.78 is 27.9. The molecule has 6 heteroatoms. The van der Waals surface area contributed by atoms with Crippen LogP contribution >= 0.6 is 11.9 Å². The van der Waals surface area contributed by atoms with E-state index in [1.54, 1.807) is 18.0 Å². The Morgan fingerprint density at radius 1 is 1.35 bits per heavy atom. The van der Waals surface area contributed by atoms with E-state index < -0.39 is 19.0 Å². The maximum absolute atomic E-state index is 12.8. The van der Waals surface area contributed by atoms with Gasteiger partial charge in [-0.25, -0.2) is 13.1 Å². The molecule has 2 aliphatic rings. The summed E-state index contributed by atoms with van der Waals surface area (Å²) in [6, 6.07) is 7.39. The predicted octanol–water partition coefficient (Wildman–Crippen LogP) is 2.45. The molecule has 3 nitrogen and oxygen atoms in total. The number of alkyl halides is 2. The molecule has 2 saturated heterocycles. The zero-order valence-electron chi connectivity index (χ0n) is 11.2. The van der Waals surface area contributed by atoms with Gasteiger partial charge in [-0.1, -0.05) is 24.1 Å². The van der Waals surface area contributed by atoms with Gasteiger partial charge in [0, 0.05) is 24.6 Å². The van der Waals surface area contributed by atoms with E-state index in [-0.39, 0.29) is 5.91 Å². The van der Waals surface area contributed by atoms with E-state index >= 15 is 0 Å². The van der Waals surface area contributed by atoms with Gasteiger partial charge >= 0.3 is 0 Å². The summed E-state index contributed by atoms with van der Waals surface area (Å²) in [5.41, 5.74) is 1.63. The highest BCUT2D eigenvalue weighted by atomic mass is 32.2. The van der Waals surface area contributed by atoms with Gasteiger partial charge in [0.2, 0.25) is 0 Å². The normalized spacial score (nSPS) is 22.2. The lowest BCUT2D eigenvalue weighted by atomic mass is 9.92. The Bertz CT molecular complexity index is 524. The average molecular weight is 298 g/mol. The van der Waals surface area contributed by atoms with E-state index in [4.69, 9.17) is 0 Å². The Hall–Kier alpha value is -1.14. The number of carbonyl (C=O) groups excluding carboxylic acids is 1. The smallest absolute Gasteiger partial charge is 0.282 e. The van der Waals surface area contributed by atoms with Crippen molar-refractivity contribution in [3.63, 3.8) is 0 Å². The molecule has 0 atom stereocenters. The van der Waals surface area contributed by atoms with Gasteiger partial charge < -0.3 is 4.90 Å². The molecule has 2 aliphatic heterocycles. The number of amides is 1. The second kappa shape index (κ2) is 5.00. The van der Waals surface area contributed by atoms with Crippen LogP contribution < -0.4 is 0 Å². The van der Waals surface area contributed by atoms with Crippen LogP contribution in [-0.2, 0) is 0 Å². The summed E-state index contributed by atoms with van der Waals surface area (Å²) in [6.07, 6.45) is 2.04. The molecule has 108 valence electrons. The summed E-state index contributed by atoms with van der Waals surface area (Å²) in [5, 5.41) is 0. The Labute approximate surface area is 121 Å². The van der Waals surface area contributed by atoms with Crippen molar-refractivity contribution < 1.29 is 13.6 Å². The minimum Gasteiger partial charge on any atom is -0.326 e. The molecule has 0 aromatic heterocycles. The highest BCUT2D eigenvalue weighted by molar-refractivity contribution is 7.96. The third-order valence-electron chi connectivity index (χ3n) is 3.84. The molecular formula is C14H16F2N2OS. The first-order valence-electron chi connectivity index (χ1n) is 6.55. The molecule has 0 aliphatic carbocycles. The van der Waals surface area contributed by atoms with Crippen molar-refractivity contribution in [3.8, 4) is 0 Å². The second-order valence-electron chi connectivity index (χ2n) is 5.37. The molecule has 0 spiro atoms. The van der Waals surface area contributed by atoms with Crippen molar-refractivity contribution in [2.24, 2.45) is 0 Å². The second-order valence-corrected chi connectivity index (χ2v) is 6.25. The topological polar surface area (TPSA) is 23.6 Å². The fraction of sp³-hybridized carbons (Fsp3) is 0.500. The minimum atomic E-state index is -2.71. The number of halogens is 2. The number of carbonyl (C=O) groups is 1. The van der Waals surface area contributed by atoms with Crippen molar-refractivity contribution in [1.29, 1.82) is 0 Å². The lowest BCUT2D eigenvalue weighted by Crippen LogP contribution is -2.58. The van der Waals surface area contributed by atoms with Crippen LogP contribution in [0, 0.1) is 0 Å². The van der Waals surface area contributed by atoms with Gasteiger partial charge in [-0.2, -0.15) is 0 Å². The van der Waals surface area contributed by atoms with Crippen LogP contribution in [0.15, 0.2) is 24.3 Å². The van der Waals surface area contributed by atoms with E-state index in [0.717, 1.165) is 18.7 Å². The Morgan fingerprint density at radius 3 is 2.65 bits per heavy atom. The molecule has 0 unspecified atom stereocenters. The molecule has 1 aromatic carbocycles. The van der Waals surface area contributed by atoms with Crippen molar-refractivity contribution in [1.82, 2.24) is 9.21 Å². The van der Waals surface area contributed by atoms with Gasteiger partial charge in [-0.05, 0) is 24.0 Å². The maximum Gasteiger partial charge on any atom is 0.282 e. The van der Waals surface area contributed by atoms with Crippen LogP contribution in [0.25, 0.3) is 0 Å². The van der Waals surface area contributed by atoms with Crippen LogP contribution in [0.5, 0.6) is 0 Å². The molecule has 0 radical (unpaired) electrons. The van der Waals surface area contributed by atoms with Crippen molar-refractivity contribution in [3.05, 3.63) is 35.4 Å². The molecule has 2 heterocycles. The predicted molar refractivity (Wildman–Crippen MR) is 75.1 cm³/mol. The lowest BCUT2D eigenvalue weighted by Gasteiger charge is -2.39. The van der Waals surface area contributed by atoms with Gasteiger partial charge in [-0.15, -0.1) is 0 Å². The maximum atomic E-state index is 12.8. The van der Waals surface area contributed by atoms with E-state index in [0.29, 0.717) is 11.5 Å². The highest BCUT2D eigenvalue weighted by Crippen LogP contribution is 2.32.